The van der Waals surface area contributed by atoms with Crippen LogP contribution in [0.4, 0.5) is 0 Å². The number of nitrogens with one attached hydrogen (secondary N) is 16. The van der Waals surface area contributed by atoms with Crippen LogP contribution in [0.15, 0.2) is 0 Å². The van der Waals surface area contributed by atoms with Gasteiger partial charge in [-0.25, -0.2) is 16.8 Å². The van der Waals surface area contributed by atoms with Gasteiger partial charge in [-0.15, -0.1) is 0 Å². The van der Waals surface area contributed by atoms with Gasteiger partial charge in [-0.3, -0.25) is 85.1 Å². The topological polar surface area (TPSA) is 307 Å². The Morgan fingerprint density at radius 2 is 0.315 bits per heavy atom. The Hall–Kier alpha value is -0.197. The summed E-state index contributed by atoms with van der Waals surface area (Å²) in [7, 11) is -8.61. The maximum Gasteiger partial charge on any atom is 2.00 e. The van der Waals surface area contributed by atoms with Crippen LogP contribution < -0.4 is 85.1 Å². The van der Waals surface area contributed by atoms with E-state index in [0.717, 1.165) is 12.8 Å². The second-order valence-corrected chi connectivity index (χ2v) is 35.8. The third-order valence-corrected chi connectivity index (χ3v) is 31.0. The summed E-state index contributed by atoms with van der Waals surface area (Å²) in [4.78, 5) is 0. The van der Waals surface area contributed by atoms with Gasteiger partial charge >= 0.3 is 19.5 Å². The Kier molecular flexibility index (Phi) is 18.5. The Bertz CT molecular complexity index is 2540. The molecule has 89 heavy (non-hydrogen) atoms. The van der Waals surface area contributed by atoms with E-state index in [1.807, 2.05) is 0 Å². The molecule has 22 nitrogen and oxygen atoms in total. The van der Waals surface area contributed by atoms with E-state index < -0.39 is 30.7 Å². The van der Waals surface area contributed by atoms with Crippen LogP contribution in [0.2, 0.25) is 0 Å². The third kappa shape index (κ3) is 12.0. The van der Waals surface area contributed by atoms with Crippen molar-refractivity contribution in [3.05, 3.63) is 0 Å². The molecule has 0 aromatic heterocycles. The molecule has 18 aliphatic rings. The van der Waals surface area contributed by atoms with Crippen molar-refractivity contribution in [2.24, 2.45) is 94.7 Å². The molecular weight excluding hydrogens is 1220 g/mol. The minimum absolute atomic E-state index is 0. The van der Waals surface area contributed by atoms with Crippen LogP contribution in [-0.2, 0) is 39.7 Å². The summed E-state index contributed by atoms with van der Waals surface area (Å²) in [6.07, 6.45) is 37.5. The van der Waals surface area contributed by atoms with Crippen molar-refractivity contribution in [3.63, 3.8) is 0 Å². The molecule has 10 saturated heterocycles. The fraction of sp³-hybridized carbons (Fsp3) is 1.00. The van der Waals surface area contributed by atoms with E-state index in [0.29, 0.717) is 133 Å². The first-order valence-electron chi connectivity index (χ1n) is 36.9. The molecule has 34 atom stereocenters. The van der Waals surface area contributed by atoms with Crippen LogP contribution in [0.25, 0.3) is 0 Å². The molecule has 8 aliphatic carbocycles. The molecule has 16 bridgehead atoms. The van der Waals surface area contributed by atoms with E-state index in [1.165, 1.54) is 154 Å². The quantitative estimate of drug-likeness (QED) is 0.139. The second kappa shape index (κ2) is 25.9. The van der Waals surface area contributed by atoms with Crippen LogP contribution in [0, 0.1) is 94.7 Å². The monoisotopic (exact) mass is 1330 g/mol. The van der Waals surface area contributed by atoms with Crippen molar-refractivity contribution in [2.45, 2.75) is 302 Å². The average Bonchev–Trinajstić information content (AvgIpc) is 1.74. The van der Waals surface area contributed by atoms with Crippen molar-refractivity contribution < 1.29 is 45.4 Å². The predicted octanol–water partition coefficient (Wildman–Crippen LogP) is 2.26. The molecule has 34 unspecified atom stereocenters. The first kappa shape index (κ1) is 63.5. The summed E-state index contributed by atoms with van der Waals surface area (Å²) in [6.45, 7) is 0. The fourth-order valence-electron chi connectivity index (χ4n) is 24.4. The van der Waals surface area contributed by atoms with Gasteiger partial charge < -0.3 is 9.11 Å². The van der Waals surface area contributed by atoms with Gasteiger partial charge in [0.1, 0.15) is 0 Å². The largest absolute Gasteiger partial charge is 2.00 e. The maximum atomic E-state index is 12.2. The molecule has 0 aromatic carbocycles. The van der Waals surface area contributed by atoms with Crippen molar-refractivity contribution >= 4 is 20.2 Å². The summed E-state index contributed by atoms with van der Waals surface area (Å²) < 4.78 is 73.4. The Labute approximate surface area is 544 Å². The van der Waals surface area contributed by atoms with E-state index in [-0.39, 0.29) is 105 Å². The molecule has 496 valence electrons. The smallest absolute Gasteiger partial charge is 0.748 e. The molecule has 18 rings (SSSR count). The Morgan fingerprint density at radius 3 is 0.449 bits per heavy atom. The molecule has 0 aromatic rings. The summed E-state index contributed by atoms with van der Waals surface area (Å²) in [5, 5.41) is 63.8. The van der Waals surface area contributed by atoms with Crippen molar-refractivity contribution in [2.75, 3.05) is 0 Å². The third-order valence-electron chi connectivity index (χ3n) is 28.5. The summed E-state index contributed by atoms with van der Waals surface area (Å²) in [6, 6.07) is 0. The molecule has 10 heterocycles. The minimum atomic E-state index is -4.30. The van der Waals surface area contributed by atoms with Crippen molar-refractivity contribution in [3.8, 4) is 0 Å². The van der Waals surface area contributed by atoms with Gasteiger partial charge in [0.2, 0.25) is 0 Å². The van der Waals surface area contributed by atoms with Gasteiger partial charge in [0.25, 0.3) is 0 Å². The Morgan fingerprint density at radius 1 is 0.191 bits per heavy atom. The van der Waals surface area contributed by atoms with Crippen LogP contribution in [-0.4, -0.2) is 135 Å². The normalized spacial score (nSPS) is 54.9. The van der Waals surface area contributed by atoms with Gasteiger partial charge in [0.05, 0.1) is 119 Å². The molecule has 10 aliphatic heterocycles. The molecular formula is C64H110N16O6S2Zn. The van der Waals surface area contributed by atoms with Gasteiger partial charge in [-0.05, 0) is 210 Å². The van der Waals surface area contributed by atoms with Gasteiger partial charge in [0, 0.05) is 10.5 Å². The molecule has 25 heteroatoms. The van der Waals surface area contributed by atoms with E-state index in [9.17, 15) is 25.9 Å². The zero-order valence-electron chi connectivity index (χ0n) is 52.8. The second-order valence-electron chi connectivity index (χ2n) is 32.5. The number of fused-ring (bicyclic) bond motifs is 40. The van der Waals surface area contributed by atoms with E-state index in [1.54, 1.807) is 0 Å². The van der Waals surface area contributed by atoms with Gasteiger partial charge in [-0.1, -0.05) is 77.0 Å². The molecule has 16 N–H and O–H groups in total. The zero-order chi connectivity index (χ0) is 59.2. The first-order valence-corrected chi connectivity index (χ1v) is 39.8. The van der Waals surface area contributed by atoms with E-state index in [2.05, 4.69) is 85.1 Å². The van der Waals surface area contributed by atoms with Crippen LogP contribution in [0.1, 0.15) is 193 Å². The number of hydrogen-bond donors (Lipinski definition) is 16. The SMILES string of the molecule is O=S(=O)([O-])C1CCC2C3NC4NC(NC5NC(NC6NC(NC(N3)C2C1)C1CCCCC61)C1CCCCC51)C1CCCCC41.O=S(=O)([O-])C1CCC2C3NC4NC(NC5NC(NC6NC(NC(N3)C2C1)C1CCCCC61)C1CCCCC51)C1CCCCC41.[Zn+2]. The Balaban J connectivity index is 0.000000141. The number of rotatable bonds is 2. The van der Waals surface area contributed by atoms with Gasteiger partial charge in [-0.2, -0.15) is 0 Å². The predicted molar refractivity (Wildman–Crippen MR) is 332 cm³/mol. The van der Waals surface area contributed by atoms with Crippen LogP contribution in [0.3, 0.4) is 0 Å². The molecule has 0 radical (unpaired) electrons. The fourth-order valence-corrected chi connectivity index (χ4v) is 26.2. The molecule has 0 spiro atoms. The summed E-state index contributed by atoms with van der Waals surface area (Å²) in [5.41, 5.74) is 0. The molecule has 0 amide bonds. The van der Waals surface area contributed by atoms with Crippen molar-refractivity contribution in [1.29, 1.82) is 0 Å². The van der Waals surface area contributed by atoms with Crippen molar-refractivity contribution in [1.82, 2.24) is 85.1 Å². The van der Waals surface area contributed by atoms with E-state index in [4.69, 9.17) is 0 Å². The van der Waals surface area contributed by atoms with Crippen LogP contribution >= 0.6 is 0 Å². The first-order chi connectivity index (χ1) is 42.8. The van der Waals surface area contributed by atoms with E-state index >= 15 is 0 Å². The number of hydrogen-bond acceptors (Lipinski definition) is 22. The zero-order valence-corrected chi connectivity index (χ0v) is 57.4. The minimum Gasteiger partial charge on any atom is -0.748 e. The summed E-state index contributed by atoms with van der Waals surface area (Å²) in [5.74, 6) is 8.10. The standard InChI is InChI=1S/2C32H56N8O3S.Zn/c2*41-44(42,43)16-13-14-23-24(15-16)32-39-30-22-12-6-5-11-21(22)28(37-30)35-26-18-8-2-1-7-17(18)25(33-26)34-27-19-9-3-4-10-20(19)29(36-27)38-31(23)40-32;/h2*16-40H,1-15H2,(H,41,42,43);/q;;+2/p-2. The average molecular weight is 1330 g/mol. The molecule has 18 fully saturated rings. The molecule has 8 saturated carbocycles. The summed E-state index contributed by atoms with van der Waals surface area (Å²) >= 11 is 0. The van der Waals surface area contributed by atoms with Crippen LogP contribution in [0.5, 0.6) is 0 Å². The van der Waals surface area contributed by atoms with Gasteiger partial charge in [0.15, 0.2) is 0 Å². The maximum absolute atomic E-state index is 12.2.